The highest BCUT2D eigenvalue weighted by molar-refractivity contribution is 7.17. The van der Waals surface area contributed by atoms with Crippen LogP contribution in [-0.4, -0.2) is 229 Å². The molecule has 5 heterocycles. The zero-order valence-electron chi connectivity index (χ0n) is 52.0. The first kappa shape index (κ1) is 70.4. The van der Waals surface area contributed by atoms with Gasteiger partial charge in [-0.3, -0.25) is 33.6 Å². The van der Waals surface area contributed by atoms with E-state index in [4.69, 9.17) is 32.5 Å². The number of β-amino-alcohol motifs (C(OH)–C–C–N with tert-alkyl or cyclic N) is 1. The molecule has 0 radical (unpaired) electrons. The molecule has 94 heavy (non-hydrogen) atoms. The lowest BCUT2D eigenvalue weighted by Gasteiger charge is -2.42. The third-order valence-corrected chi connectivity index (χ3v) is 19.0. The van der Waals surface area contributed by atoms with Crippen LogP contribution in [0.2, 0.25) is 5.02 Å². The molecular formula is C64H81ClN12O16S. The SMILES string of the molecule is COC1(c2ccc(Cl)cc2)CCN(c2ccc(-c3nnc(-c4ccc(C(=O)N[C@H]5C[C@@H](O)CNC(=O)[C@@H]6[C@@H](O)[C@@H](C)CN6C(=O)[C@H]([C@H](O)CCN)NC(=O)[C@H]([C@H](O)Cc6ccc(O)c(OCCN)c6)NC(=O)[C@@H]6C[C@@H](O)CN6C(=O)[C@H]([C@@H](C)O)NC5=O)cc4)s3)cc2)CC1. The molecule has 16 N–H and O–H groups in total. The van der Waals surface area contributed by atoms with E-state index >= 15 is 0 Å². The van der Waals surface area contributed by atoms with Crippen molar-refractivity contribution >= 4 is 70.0 Å². The summed E-state index contributed by atoms with van der Waals surface area (Å²) in [6, 6.07) is 15.0. The molecule has 13 atom stereocenters. The molecule has 4 aliphatic heterocycles. The van der Waals surface area contributed by atoms with Crippen LogP contribution < -0.4 is 47.7 Å². The van der Waals surface area contributed by atoms with Gasteiger partial charge in [0.05, 0.1) is 42.2 Å². The Morgan fingerprint density at radius 1 is 0.755 bits per heavy atom. The van der Waals surface area contributed by atoms with E-state index in [1.54, 1.807) is 19.2 Å². The summed E-state index contributed by atoms with van der Waals surface area (Å²) < 4.78 is 11.6. The number of benzene rings is 4. The molecular weight excluding hydrogens is 1260 g/mol. The number of nitrogens with zero attached hydrogens (tertiary/aromatic N) is 5. The van der Waals surface area contributed by atoms with E-state index in [1.807, 2.05) is 48.5 Å². The Morgan fingerprint density at radius 2 is 1.38 bits per heavy atom. The van der Waals surface area contributed by atoms with Crippen molar-refractivity contribution in [1.29, 1.82) is 0 Å². The molecule has 4 aromatic carbocycles. The van der Waals surface area contributed by atoms with Crippen LogP contribution in [0, 0.1) is 5.92 Å². The van der Waals surface area contributed by atoms with Gasteiger partial charge in [-0.2, -0.15) is 0 Å². The smallest absolute Gasteiger partial charge is 0.251 e. The molecule has 0 aliphatic carbocycles. The van der Waals surface area contributed by atoms with Crippen molar-refractivity contribution in [2.75, 3.05) is 64.4 Å². The number of piperidine rings is 1. The maximum atomic E-state index is 14.7. The summed E-state index contributed by atoms with van der Waals surface area (Å²) >= 11 is 7.48. The van der Waals surface area contributed by atoms with Gasteiger partial charge >= 0.3 is 0 Å². The molecule has 5 aromatic rings. The minimum Gasteiger partial charge on any atom is -0.504 e. The summed E-state index contributed by atoms with van der Waals surface area (Å²) in [5, 5.41) is 102. The average molecular weight is 1340 g/mol. The van der Waals surface area contributed by atoms with Crippen LogP contribution >= 0.6 is 22.9 Å². The molecule has 0 bridgehead atoms. The number of aromatic hydroxyl groups is 1. The number of nitrogens with one attached hydrogen (secondary N) is 5. The first-order chi connectivity index (χ1) is 44.9. The summed E-state index contributed by atoms with van der Waals surface area (Å²) in [6.07, 6.45) is -10.3. The minimum atomic E-state index is -2.05. The fraction of sp³-hybridized carbons (Fsp3) is 0.484. The van der Waals surface area contributed by atoms with Gasteiger partial charge in [-0.1, -0.05) is 60.2 Å². The van der Waals surface area contributed by atoms with Crippen LogP contribution in [0.5, 0.6) is 11.5 Å². The maximum absolute atomic E-state index is 14.7. The van der Waals surface area contributed by atoms with E-state index in [0.717, 1.165) is 59.5 Å². The molecule has 4 aliphatic rings. The van der Waals surface area contributed by atoms with Crippen LogP contribution in [0.4, 0.5) is 5.69 Å². The number of aliphatic hydroxyl groups excluding tert-OH is 6. The topological polar surface area (TPSA) is 427 Å². The number of methoxy groups -OCH3 is 1. The predicted molar refractivity (Wildman–Crippen MR) is 344 cm³/mol. The third kappa shape index (κ3) is 16.2. The number of aromatic nitrogens is 2. The van der Waals surface area contributed by atoms with E-state index < -0.39 is 158 Å². The second kappa shape index (κ2) is 31.1. The second-order valence-corrected chi connectivity index (χ2v) is 25.7. The van der Waals surface area contributed by atoms with Crippen LogP contribution in [0.15, 0.2) is 91.0 Å². The highest BCUT2D eigenvalue weighted by Crippen LogP contribution is 2.39. The summed E-state index contributed by atoms with van der Waals surface area (Å²) in [6.45, 7) is 2.58. The summed E-state index contributed by atoms with van der Waals surface area (Å²) in [4.78, 5) is 106. The van der Waals surface area contributed by atoms with E-state index in [0.29, 0.717) is 20.6 Å². The van der Waals surface area contributed by atoms with Crippen LogP contribution in [0.25, 0.3) is 21.1 Å². The van der Waals surface area contributed by atoms with Gasteiger partial charge in [0, 0.05) is 99.0 Å². The first-order valence-corrected chi connectivity index (χ1v) is 32.3. The molecule has 0 unspecified atom stereocenters. The Kier molecular flexibility index (Phi) is 23.3. The lowest BCUT2D eigenvalue weighted by atomic mass is 9.84. The summed E-state index contributed by atoms with van der Waals surface area (Å²) in [7, 11) is 1.73. The number of hydrogen-bond acceptors (Lipinski definition) is 22. The van der Waals surface area contributed by atoms with Gasteiger partial charge in [-0.25, -0.2) is 0 Å². The van der Waals surface area contributed by atoms with Gasteiger partial charge in [-0.05, 0) is 105 Å². The summed E-state index contributed by atoms with van der Waals surface area (Å²) in [5.41, 5.74) is 14.8. The molecule has 4 fully saturated rings. The second-order valence-electron chi connectivity index (χ2n) is 24.2. The highest BCUT2D eigenvalue weighted by Gasteiger charge is 2.50. The molecule has 0 spiro atoms. The number of ether oxygens (including phenoxy) is 2. The number of nitrogens with two attached hydrogens (primary N) is 2. The van der Waals surface area contributed by atoms with Crippen molar-refractivity contribution in [3.05, 3.63) is 113 Å². The van der Waals surface area contributed by atoms with Gasteiger partial charge in [-0.15, -0.1) is 10.2 Å². The lowest BCUT2D eigenvalue weighted by molar-refractivity contribution is -0.147. The molecule has 7 amide bonds. The average Bonchev–Trinajstić information content (AvgIpc) is 1.38. The number of phenolic OH excluding ortho intramolecular Hbond substituents is 1. The molecule has 0 saturated carbocycles. The normalized spacial score (nSPS) is 26.0. The zero-order chi connectivity index (χ0) is 67.7. The minimum absolute atomic E-state index is 0.00782. The van der Waals surface area contributed by atoms with Crippen molar-refractivity contribution in [3.8, 4) is 32.6 Å². The Bertz CT molecular complexity index is 3490. The monoisotopic (exact) mass is 1340 g/mol. The van der Waals surface area contributed by atoms with E-state index in [9.17, 15) is 69.3 Å². The Labute approximate surface area is 550 Å². The van der Waals surface area contributed by atoms with Crippen molar-refractivity contribution in [1.82, 2.24) is 46.6 Å². The van der Waals surface area contributed by atoms with E-state index in [-0.39, 0.29) is 55.3 Å². The van der Waals surface area contributed by atoms with Crippen LogP contribution in [0.1, 0.15) is 67.4 Å². The van der Waals surface area contributed by atoms with E-state index in [1.165, 1.54) is 48.6 Å². The number of anilines is 1. The standard InChI is InChI=1S/C64H81ClN12O16S/c1-33-31-77-53(54(33)84)59(89)68-30-42(79)28-44(69-55(85)36-5-7-37(8-6-36)60-73-74-61(94-60)38-9-15-41(16-10-38)75-23-19-64(92-3,20-24-75)39-11-13-40(65)14-12-39)56(86)70-50(34(2)78)62(90)76-32-43(80)29-45(76)57(87)71-51(58(88)72-52(63(77)91)47(82)18-21-66)48(83)26-35-4-17-46(81)49(27-35)93-25-22-67/h4-17,27,33-34,42-45,47-48,50-54,78-84H,18-26,28-32,66-67H2,1-3H3,(H,68,89)(H,69,85)(H,70,86)(H,71,87)(H,72,88)/t33-,34+,42+,43+,44-,45-,47+,48+,50-,51-,52-,53-,54-/m0/s1. The van der Waals surface area contributed by atoms with Gasteiger partial charge in [0.2, 0.25) is 35.4 Å². The Balaban J connectivity index is 0.952. The number of rotatable bonds is 17. The molecule has 1 aromatic heterocycles. The quantitative estimate of drug-likeness (QED) is 0.0531. The largest absolute Gasteiger partial charge is 0.504 e. The first-order valence-electron chi connectivity index (χ1n) is 31.1. The van der Waals surface area contributed by atoms with E-state index in [2.05, 4.69) is 41.7 Å². The zero-order valence-corrected chi connectivity index (χ0v) is 53.6. The molecule has 506 valence electrons. The Morgan fingerprint density at radius 3 is 2.01 bits per heavy atom. The number of amides is 7. The summed E-state index contributed by atoms with van der Waals surface area (Å²) in [5.74, 6) is -8.69. The molecule has 28 nitrogen and oxygen atoms in total. The maximum Gasteiger partial charge on any atom is 0.251 e. The number of fused-ring (bicyclic) bond motifs is 2. The fourth-order valence-electron chi connectivity index (χ4n) is 12.4. The predicted octanol–water partition coefficient (Wildman–Crippen LogP) is -0.992. The van der Waals surface area contributed by atoms with Crippen molar-refractivity contribution < 1.29 is 78.8 Å². The number of halogens is 1. The van der Waals surface area contributed by atoms with Gasteiger partial charge in [0.1, 0.15) is 52.9 Å². The van der Waals surface area contributed by atoms with Crippen LogP contribution in [-0.2, 0) is 45.5 Å². The number of aliphatic hydroxyl groups is 6. The number of hydrogen-bond donors (Lipinski definition) is 14. The lowest BCUT2D eigenvalue weighted by Crippen LogP contribution is -2.64. The highest BCUT2D eigenvalue weighted by atomic mass is 35.5. The molecule has 4 saturated heterocycles. The Hall–Kier alpha value is -7.94. The third-order valence-electron chi connectivity index (χ3n) is 17.7. The fourth-order valence-corrected chi connectivity index (χ4v) is 13.3. The number of carbonyl (C=O) groups excluding carboxylic acids is 7. The number of carbonyl (C=O) groups is 7. The van der Waals surface area contributed by atoms with Crippen molar-refractivity contribution in [2.24, 2.45) is 17.4 Å². The van der Waals surface area contributed by atoms with Crippen molar-refractivity contribution in [2.45, 2.75) is 131 Å². The number of phenols is 1. The van der Waals surface area contributed by atoms with Gasteiger partial charge in [0.25, 0.3) is 5.91 Å². The van der Waals surface area contributed by atoms with Crippen molar-refractivity contribution in [3.63, 3.8) is 0 Å². The molecule has 30 heteroatoms. The van der Waals surface area contributed by atoms with Crippen LogP contribution in [0.3, 0.4) is 0 Å². The van der Waals surface area contributed by atoms with Gasteiger partial charge in [0.15, 0.2) is 11.5 Å². The molecule has 9 rings (SSSR count). The van der Waals surface area contributed by atoms with Gasteiger partial charge < -0.3 is 98.0 Å².